The van der Waals surface area contributed by atoms with Gasteiger partial charge in [0, 0.05) is 28.5 Å². The maximum Gasteiger partial charge on any atom is 0.283 e. The molecule has 5 rings (SSSR count). The largest absolute Gasteiger partial charge is 0.318 e. The van der Waals surface area contributed by atoms with Gasteiger partial charge in [-0.05, 0) is 73.5 Å². The van der Waals surface area contributed by atoms with Crippen molar-refractivity contribution in [3.63, 3.8) is 0 Å². The van der Waals surface area contributed by atoms with Gasteiger partial charge in [0.1, 0.15) is 5.04 Å². The Morgan fingerprint density at radius 2 is 1.85 bits per heavy atom. The molecule has 6 nitrogen and oxygen atoms in total. The zero-order valence-corrected chi connectivity index (χ0v) is 20.5. The van der Waals surface area contributed by atoms with E-state index in [0.717, 1.165) is 38.8 Å². The SMILES string of the molecule is Cc1ccc(Cl)cc1-n1c(C)cc(/C=C2/C(=N)N3N=C(Cc4ccccc4)SC3=NC2=O)c1C. The first-order chi connectivity index (χ1) is 16.3. The topological polar surface area (TPSA) is 73.8 Å². The number of aromatic nitrogens is 1. The molecule has 1 N–H and O–H groups in total. The summed E-state index contributed by atoms with van der Waals surface area (Å²) >= 11 is 7.59. The van der Waals surface area contributed by atoms with Crippen LogP contribution in [0.25, 0.3) is 11.8 Å². The molecule has 0 saturated heterocycles. The van der Waals surface area contributed by atoms with Gasteiger partial charge in [0.2, 0.25) is 5.17 Å². The van der Waals surface area contributed by atoms with Crippen LogP contribution in [-0.2, 0) is 11.2 Å². The lowest BCUT2D eigenvalue weighted by atomic mass is 10.1. The molecule has 0 saturated carbocycles. The predicted octanol–water partition coefficient (Wildman–Crippen LogP) is 5.92. The molecule has 0 radical (unpaired) electrons. The fourth-order valence-electron chi connectivity index (χ4n) is 4.16. The second-order valence-electron chi connectivity index (χ2n) is 8.27. The fourth-order valence-corrected chi connectivity index (χ4v) is 5.24. The number of aliphatic imine (C=N–C) groups is 1. The van der Waals surface area contributed by atoms with Crippen LogP contribution in [0, 0.1) is 26.2 Å². The number of amides is 1. The third kappa shape index (κ3) is 4.02. The summed E-state index contributed by atoms with van der Waals surface area (Å²) in [6.45, 7) is 6.04. The Hall–Kier alpha value is -3.42. The number of hydrogen-bond donors (Lipinski definition) is 1. The minimum Gasteiger partial charge on any atom is -0.318 e. The van der Waals surface area contributed by atoms with Crippen LogP contribution in [-0.4, -0.2) is 31.5 Å². The molecule has 0 bridgehead atoms. The number of hydrogen-bond acceptors (Lipinski definition) is 4. The number of carbonyl (C=O) groups excluding carboxylic acids is 1. The van der Waals surface area contributed by atoms with Gasteiger partial charge in [-0.15, -0.1) is 0 Å². The highest BCUT2D eigenvalue weighted by Gasteiger charge is 2.35. The third-order valence-corrected chi connectivity index (χ3v) is 7.02. The lowest BCUT2D eigenvalue weighted by Gasteiger charge is -2.20. The van der Waals surface area contributed by atoms with Gasteiger partial charge in [-0.3, -0.25) is 10.2 Å². The fraction of sp³-hybridized carbons (Fsp3) is 0.154. The van der Waals surface area contributed by atoms with Crippen LogP contribution in [0.3, 0.4) is 0 Å². The highest BCUT2D eigenvalue weighted by atomic mass is 35.5. The van der Waals surface area contributed by atoms with Crippen LogP contribution in [0.1, 0.15) is 28.1 Å². The monoisotopic (exact) mass is 487 g/mol. The van der Waals surface area contributed by atoms with Gasteiger partial charge in [0.15, 0.2) is 5.84 Å². The third-order valence-electron chi connectivity index (χ3n) is 5.88. The van der Waals surface area contributed by atoms with Crippen LogP contribution in [0.5, 0.6) is 0 Å². The van der Waals surface area contributed by atoms with Gasteiger partial charge in [0.05, 0.1) is 5.57 Å². The minimum atomic E-state index is -0.427. The summed E-state index contributed by atoms with van der Waals surface area (Å²) in [7, 11) is 0. The quantitative estimate of drug-likeness (QED) is 0.464. The molecule has 170 valence electrons. The molecule has 1 amide bonds. The standard InChI is InChI=1S/C26H22ClN5OS/c1-15-9-10-20(27)14-22(15)31-16(2)11-19(17(31)3)13-21-24(28)32-26(29-25(21)33)34-23(30-32)12-18-7-5-4-6-8-18/h4-11,13-14,28H,12H2,1-3H3/b21-13-,28-24?. The van der Waals surface area contributed by atoms with E-state index in [1.807, 2.05) is 75.4 Å². The van der Waals surface area contributed by atoms with E-state index in [1.54, 1.807) is 6.08 Å². The number of benzene rings is 2. The molecule has 3 heterocycles. The van der Waals surface area contributed by atoms with Gasteiger partial charge >= 0.3 is 0 Å². The zero-order valence-electron chi connectivity index (χ0n) is 19.0. The smallest absolute Gasteiger partial charge is 0.283 e. The first-order valence-electron chi connectivity index (χ1n) is 10.8. The maximum atomic E-state index is 12.9. The number of aryl methyl sites for hydroxylation is 2. The number of hydrazone groups is 1. The Bertz CT molecular complexity index is 1430. The van der Waals surface area contributed by atoms with Gasteiger partial charge < -0.3 is 4.57 Å². The van der Waals surface area contributed by atoms with Crippen molar-refractivity contribution < 1.29 is 4.79 Å². The highest BCUT2D eigenvalue weighted by Crippen LogP contribution is 2.31. The summed E-state index contributed by atoms with van der Waals surface area (Å²) in [6, 6.07) is 17.8. The molecule has 3 aromatic rings. The van der Waals surface area contributed by atoms with E-state index in [4.69, 9.17) is 17.0 Å². The number of halogens is 1. The van der Waals surface area contributed by atoms with Gasteiger partial charge in [-0.25, -0.2) is 0 Å². The summed E-state index contributed by atoms with van der Waals surface area (Å²) in [6.07, 6.45) is 2.36. The summed E-state index contributed by atoms with van der Waals surface area (Å²) in [4.78, 5) is 17.1. The van der Waals surface area contributed by atoms with Crippen molar-refractivity contribution in [3.8, 4) is 5.69 Å². The van der Waals surface area contributed by atoms with E-state index in [0.29, 0.717) is 16.6 Å². The molecule has 0 spiro atoms. The van der Waals surface area contributed by atoms with Crippen molar-refractivity contribution in [2.24, 2.45) is 10.1 Å². The van der Waals surface area contributed by atoms with Gasteiger partial charge in [0.25, 0.3) is 5.91 Å². The Morgan fingerprint density at radius 1 is 1.09 bits per heavy atom. The molecule has 8 heteroatoms. The van der Waals surface area contributed by atoms with Gasteiger partial charge in [-0.1, -0.05) is 48.0 Å². The van der Waals surface area contributed by atoms with E-state index in [9.17, 15) is 4.79 Å². The first kappa shape index (κ1) is 22.4. The van der Waals surface area contributed by atoms with Crippen molar-refractivity contribution in [1.29, 1.82) is 5.41 Å². The number of fused-ring (bicyclic) bond motifs is 1. The summed E-state index contributed by atoms with van der Waals surface area (Å²) in [5.74, 6) is -0.391. The van der Waals surface area contributed by atoms with Crippen molar-refractivity contribution in [1.82, 2.24) is 9.58 Å². The number of carbonyl (C=O) groups is 1. The Labute approximate surface area is 207 Å². The van der Waals surface area contributed by atoms with Gasteiger partial charge in [-0.2, -0.15) is 15.1 Å². The highest BCUT2D eigenvalue weighted by molar-refractivity contribution is 8.26. The van der Waals surface area contributed by atoms with Crippen LogP contribution >= 0.6 is 23.4 Å². The normalized spacial score (nSPS) is 16.7. The first-order valence-corrected chi connectivity index (χ1v) is 12.0. The summed E-state index contributed by atoms with van der Waals surface area (Å²) < 4.78 is 2.11. The van der Waals surface area contributed by atoms with Crippen molar-refractivity contribution in [2.75, 3.05) is 0 Å². The molecule has 0 atom stereocenters. The molecule has 34 heavy (non-hydrogen) atoms. The lowest BCUT2D eigenvalue weighted by Crippen LogP contribution is -2.35. The minimum absolute atomic E-state index is 0.0364. The van der Waals surface area contributed by atoms with Crippen LogP contribution in [0.2, 0.25) is 5.02 Å². The molecule has 2 aliphatic heterocycles. The predicted molar refractivity (Wildman–Crippen MR) is 140 cm³/mol. The van der Waals surface area contributed by atoms with Crippen LogP contribution in [0.15, 0.2) is 70.3 Å². The van der Waals surface area contributed by atoms with Crippen molar-refractivity contribution in [3.05, 3.63) is 93.3 Å². The molecule has 0 unspecified atom stereocenters. The summed E-state index contributed by atoms with van der Waals surface area (Å²) in [5.41, 5.74) is 6.23. The molecular formula is C26H22ClN5OS. The second kappa shape index (κ2) is 8.74. The molecule has 1 aromatic heterocycles. The maximum absolute atomic E-state index is 12.9. The van der Waals surface area contributed by atoms with E-state index in [1.165, 1.54) is 16.8 Å². The zero-order chi connectivity index (χ0) is 24.0. The Morgan fingerprint density at radius 3 is 2.62 bits per heavy atom. The Kier molecular flexibility index (Phi) is 5.75. The van der Waals surface area contributed by atoms with E-state index < -0.39 is 5.91 Å². The summed E-state index contributed by atoms with van der Waals surface area (Å²) in [5, 5.41) is 16.6. The number of thioether (sulfide) groups is 1. The molecule has 0 fully saturated rings. The van der Waals surface area contributed by atoms with Crippen LogP contribution in [0.4, 0.5) is 0 Å². The molecular weight excluding hydrogens is 466 g/mol. The average Bonchev–Trinajstić information content (AvgIpc) is 3.33. The van der Waals surface area contributed by atoms with Crippen LogP contribution < -0.4 is 0 Å². The average molecular weight is 488 g/mol. The molecule has 2 aliphatic rings. The van der Waals surface area contributed by atoms with Crippen molar-refractivity contribution >= 4 is 51.4 Å². The van der Waals surface area contributed by atoms with Crippen molar-refractivity contribution in [2.45, 2.75) is 27.2 Å². The van der Waals surface area contributed by atoms with E-state index in [-0.39, 0.29) is 11.4 Å². The van der Waals surface area contributed by atoms with E-state index >= 15 is 0 Å². The van der Waals surface area contributed by atoms with E-state index in [2.05, 4.69) is 14.7 Å². The lowest BCUT2D eigenvalue weighted by molar-refractivity contribution is -0.114. The number of nitrogens with zero attached hydrogens (tertiary/aromatic N) is 4. The number of nitrogens with one attached hydrogen (secondary N) is 1. The Balaban J connectivity index is 1.48. The molecule has 0 aliphatic carbocycles. The number of rotatable bonds is 4. The second-order valence-corrected chi connectivity index (χ2v) is 9.75. The molecule has 2 aromatic carbocycles. The number of amidine groups is 2.